The van der Waals surface area contributed by atoms with Gasteiger partial charge in [0.05, 0.1) is 13.2 Å². The van der Waals surface area contributed by atoms with E-state index in [1.807, 2.05) is 0 Å². The van der Waals surface area contributed by atoms with Crippen molar-refractivity contribution in [2.45, 2.75) is 38.8 Å². The lowest BCUT2D eigenvalue weighted by Crippen LogP contribution is -2.54. The molecule has 1 amide bonds. The molecule has 0 aliphatic carbocycles. The maximum Gasteiger partial charge on any atom is 0.222 e. The number of hydrogen-bond acceptors (Lipinski definition) is 5. The van der Waals surface area contributed by atoms with Crippen LogP contribution >= 0.6 is 0 Å². The maximum absolute atomic E-state index is 13.1. The van der Waals surface area contributed by atoms with Crippen LogP contribution in [0.25, 0.3) is 10.8 Å². The normalized spacial score (nSPS) is 25.2. The van der Waals surface area contributed by atoms with Crippen LogP contribution in [0.5, 0.6) is 0 Å². The second-order valence-corrected chi connectivity index (χ2v) is 10.5. The molecule has 6 nitrogen and oxygen atoms in total. The lowest BCUT2D eigenvalue weighted by molar-refractivity contribution is -0.133. The highest BCUT2D eigenvalue weighted by atomic mass is 16.5. The zero-order valence-corrected chi connectivity index (χ0v) is 21.4. The van der Waals surface area contributed by atoms with Gasteiger partial charge in [0.2, 0.25) is 5.91 Å². The van der Waals surface area contributed by atoms with E-state index < -0.39 is 0 Å². The highest BCUT2D eigenvalue weighted by Gasteiger charge is 2.34. The Balaban J connectivity index is 1.24. The summed E-state index contributed by atoms with van der Waals surface area (Å²) in [4.78, 5) is 22.9. The molecule has 0 saturated carbocycles. The molecule has 3 fully saturated rings. The van der Waals surface area contributed by atoms with Crippen LogP contribution < -0.4 is 0 Å². The summed E-state index contributed by atoms with van der Waals surface area (Å²) in [6, 6.07) is 16.0. The SMILES string of the molecule is CCN1CCN(C(=O)CC[C@@H]2CN(Cc3cccc4ccccc34)CC[C@@H]2N2CCOCC2)CC1. The van der Waals surface area contributed by atoms with Gasteiger partial charge in [-0.2, -0.15) is 0 Å². The summed E-state index contributed by atoms with van der Waals surface area (Å²) in [6.45, 7) is 14.0. The maximum atomic E-state index is 13.1. The zero-order valence-electron chi connectivity index (χ0n) is 21.4. The van der Waals surface area contributed by atoms with Crippen molar-refractivity contribution in [2.75, 3.05) is 72.1 Å². The van der Waals surface area contributed by atoms with Crippen molar-refractivity contribution in [3.8, 4) is 0 Å². The van der Waals surface area contributed by atoms with E-state index in [4.69, 9.17) is 4.74 Å². The molecule has 0 N–H and O–H groups in total. The first-order valence-corrected chi connectivity index (χ1v) is 13.7. The fourth-order valence-corrected chi connectivity index (χ4v) is 6.36. The third-order valence-electron chi connectivity index (χ3n) is 8.47. The molecule has 5 rings (SSSR count). The van der Waals surface area contributed by atoms with E-state index in [9.17, 15) is 4.79 Å². The second kappa shape index (κ2) is 11.8. The molecule has 2 atom stereocenters. The number of piperidine rings is 1. The molecule has 2 aromatic carbocycles. The van der Waals surface area contributed by atoms with Crippen molar-refractivity contribution in [3.05, 3.63) is 48.0 Å². The van der Waals surface area contributed by atoms with Crippen LogP contribution in [-0.4, -0.2) is 104 Å². The van der Waals surface area contributed by atoms with Crippen molar-refractivity contribution >= 4 is 16.7 Å². The summed E-state index contributed by atoms with van der Waals surface area (Å²) in [7, 11) is 0. The third-order valence-corrected chi connectivity index (χ3v) is 8.47. The fraction of sp³-hybridized carbons (Fsp3) is 0.621. The number of carbonyl (C=O) groups excluding carboxylic acids is 1. The van der Waals surface area contributed by atoms with Gasteiger partial charge in [-0.15, -0.1) is 0 Å². The summed E-state index contributed by atoms with van der Waals surface area (Å²) in [5.74, 6) is 0.880. The lowest BCUT2D eigenvalue weighted by atomic mass is 9.86. The first-order chi connectivity index (χ1) is 17.2. The van der Waals surface area contributed by atoms with E-state index in [1.54, 1.807) is 0 Å². The minimum atomic E-state index is 0.354. The summed E-state index contributed by atoms with van der Waals surface area (Å²) in [5.41, 5.74) is 1.41. The molecular weight excluding hydrogens is 436 g/mol. The second-order valence-electron chi connectivity index (χ2n) is 10.5. The Morgan fingerprint density at radius 3 is 2.49 bits per heavy atom. The number of rotatable bonds is 7. The molecule has 0 spiro atoms. The number of benzene rings is 2. The highest BCUT2D eigenvalue weighted by Crippen LogP contribution is 2.29. The van der Waals surface area contributed by atoms with E-state index >= 15 is 0 Å². The van der Waals surface area contributed by atoms with Crippen LogP contribution in [0.2, 0.25) is 0 Å². The Morgan fingerprint density at radius 1 is 0.914 bits per heavy atom. The Bertz CT molecular complexity index is 963. The van der Waals surface area contributed by atoms with E-state index in [0.717, 1.165) is 85.1 Å². The molecule has 0 aromatic heterocycles. The molecule has 2 aromatic rings. The van der Waals surface area contributed by atoms with E-state index in [2.05, 4.69) is 69.0 Å². The quantitative estimate of drug-likeness (QED) is 0.611. The van der Waals surface area contributed by atoms with Gasteiger partial charge in [-0.05, 0) is 48.2 Å². The van der Waals surface area contributed by atoms with Crippen molar-refractivity contribution in [3.63, 3.8) is 0 Å². The molecular formula is C29H42N4O2. The van der Waals surface area contributed by atoms with Crippen LogP contribution in [0.3, 0.4) is 0 Å². The molecule has 0 bridgehead atoms. The topological polar surface area (TPSA) is 39.3 Å². The number of piperazine rings is 1. The molecule has 3 aliphatic heterocycles. The Hall–Kier alpha value is -1.99. The Kier molecular flexibility index (Phi) is 8.35. The van der Waals surface area contributed by atoms with Gasteiger partial charge in [0, 0.05) is 64.8 Å². The number of hydrogen-bond donors (Lipinski definition) is 0. The van der Waals surface area contributed by atoms with Gasteiger partial charge < -0.3 is 14.5 Å². The predicted molar refractivity (Wildman–Crippen MR) is 141 cm³/mol. The van der Waals surface area contributed by atoms with Crippen molar-refractivity contribution in [1.82, 2.24) is 19.6 Å². The van der Waals surface area contributed by atoms with Crippen molar-refractivity contribution in [1.29, 1.82) is 0 Å². The summed E-state index contributed by atoms with van der Waals surface area (Å²) in [5, 5.41) is 2.68. The average molecular weight is 479 g/mol. The standard InChI is InChI=1S/C29H42N4O2/c1-2-30-14-16-33(17-15-30)29(34)11-10-26-23-31(13-12-28(26)32-18-20-35-21-19-32)22-25-8-5-7-24-6-3-4-9-27(24)25/h3-9,26,28H,2,10-23H2,1H3/t26-,28+/m1/s1. The first kappa shape index (κ1) is 24.7. The first-order valence-electron chi connectivity index (χ1n) is 13.7. The van der Waals surface area contributed by atoms with Gasteiger partial charge in [-0.25, -0.2) is 0 Å². The average Bonchev–Trinajstić information content (AvgIpc) is 2.92. The number of morpholine rings is 1. The molecule has 3 saturated heterocycles. The van der Waals surface area contributed by atoms with Crippen molar-refractivity contribution in [2.24, 2.45) is 5.92 Å². The number of fused-ring (bicyclic) bond motifs is 1. The Morgan fingerprint density at radius 2 is 1.69 bits per heavy atom. The lowest BCUT2D eigenvalue weighted by Gasteiger charge is -2.45. The van der Waals surface area contributed by atoms with Crippen LogP contribution in [0.4, 0.5) is 0 Å². The summed E-state index contributed by atoms with van der Waals surface area (Å²) < 4.78 is 5.65. The molecule has 190 valence electrons. The van der Waals surface area contributed by atoms with E-state index in [1.165, 1.54) is 22.8 Å². The number of nitrogens with zero attached hydrogens (tertiary/aromatic N) is 4. The Labute approximate surface area is 210 Å². The largest absolute Gasteiger partial charge is 0.379 e. The van der Waals surface area contributed by atoms with Crippen LogP contribution in [-0.2, 0) is 16.1 Å². The minimum Gasteiger partial charge on any atom is -0.379 e. The van der Waals surface area contributed by atoms with Crippen LogP contribution in [0.1, 0.15) is 31.7 Å². The molecule has 0 unspecified atom stereocenters. The molecule has 3 heterocycles. The number of likely N-dealkylation sites (N-methyl/N-ethyl adjacent to an activating group) is 1. The molecule has 0 radical (unpaired) electrons. The van der Waals surface area contributed by atoms with Gasteiger partial charge in [-0.3, -0.25) is 14.6 Å². The van der Waals surface area contributed by atoms with E-state index in [0.29, 0.717) is 24.3 Å². The minimum absolute atomic E-state index is 0.354. The molecule has 35 heavy (non-hydrogen) atoms. The molecule has 3 aliphatic rings. The number of likely N-dealkylation sites (tertiary alicyclic amines) is 1. The monoisotopic (exact) mass is 478 g/mol. The van der Waals surface area contributed by atoms with Crippen LogP contribution in [0, 0.1) is 5.92 Å². The van der Waals surface area contributed by atoms with Crippen LogP contribution in [0.15, 0.2) is 42.5 Å². The summed E-state index contributed by atoms with van der Waals surface area (Å²) in [6.07, 6.45) is 2.85. The van der Waals surface area contributed by atoms with Gasteiger partial charge >= 0.3 is 0 Å². The molecule has 6 heteroatoms. The van der Waals surface area contributed by atoms with Crippen molar-refractivity contribution < 1.29 is 9.53 Å². The van der Waals surface area contributed by atoms with Gasteiger partial charge in [-0.1, -0.05) is 49.4 Å². The number of amides is 1. The van der Waals surface area contributed by atoms with Gasteiger partial charge in [0.15, 0.2) is 0 Å². The predicted octanol–water partition coefficient (Wildman–Crippen LogP) is 3.31. The smallest absolute Gasteiger partial charge is 0.222 e. The number of carbonyl (C=O) groups is 1. The zero-order chi connectivity index (χ0) is 24.0. The van der Waals surface area contributed by atoms with E-state index in [-0.39, 0.29) is 0 Å². The third kappa shape index (κ3) is 6.05. The van der Waals surface area contributed by atoms with Gasteiger partial charge in [0.25, 0.3) is 0 Å². The van der Waals surface area contributed by atoms with Gasteiger partial charge in [0.1, 0.15) is 0 Å². The highest BCUT2D eigenvalue weighted by molar-refractivity contribution is 5.85. The fourth-order valence-electron chi connectivity index (χ4n) is 6.36. The number of ether oxygens (including phenoxy) is 1. The summed E-state index contributed by atoms with van der Waals surface area (Å²) >= 11 is 0.